The molecule has 0 radical (unpaired) electrons. The summed E-state index contributed by atoms with van der Waals surface area (Å²) < 4.78 is 1.79. The third kappa shape index (κ3) is 1.81. The first kappa shape index (κ1) is 11.2. The average molecular weight is 215 g/mol. The van der Waals surface area contributed by atoms with E-state index in [-0.39, 0.29) is 23.9 Å². The molecule has 1 aliphatic carbocycles. The number of rotatable bonds is 1. The molecule has 1 atom stereocenters. The summed E-state index contributed by atoms with van der Waals surface area (Å²) in [6.07, 6.45) is 6.27. The third-order valence-electron chi connectivity index (χ3n) is 2.62. The Bertz CT molecular complexity index is 329. The SMILES string of the molecule is CC1(C)CC(n2cncn2)=CC1N.Cl. The number of allylic oxidation sites excluding steroid dienone is 1. The number of nitrogens with two attached hydrogens (primary N) is 1. The molecular weight excluding hydrogens is 200 g/mol. The third-order valence-corrected chi connectivity index (χ3v) is 2.62. The first-order chi connectivity index (χ1) is 6.09. The van der Waals surface area contributed by atoms with Crippen LogP contribution in [-0.4, -0.2) is 20.8 Å². The van der Waals surface area contributed by atoms with E-state index in [0.717, 1.165) is 12.1 Å². The minimum atomic E-state index is 0. The number of hydrogen-bond donors (Lipinski definition) is 1. The first-order valence-electron chi connectivity index (χ1n) is 4.41. The zero-order chi connectivity index (χ0) is 9.47. The quantitative estimate of drug-likeness (QED) is 0.767. The van der Waals surface area contributed by atoms with Gasteiger partial charge in [-0.1, -0.05) is 13.8 Å². The van der Waals surface area contributed by atoms with Crippen molar-refractivity contribution < 1.29 is 0 Å². The van der Waals surface area contributed by atoms with Crippen LogP contribution in [0.1, 0.15) is 20.3 Å². The molecule has 0 bridgehead atoms. The molecule has 1 unspecified atom stereocenters. The van der Waals surface area contributed by atoms with Gasteiger partial charge in [0.2, 0.25) is 0 Å². The van der Waals surface area contributed by atoms with E-state index in [4.69, 9.17) is 5.73 Å². The molecule has 0 aromatic carbocycles. The van der Waals surface area contributed by atoms with Gasteiger partial charge in [0.25, 0.3) is 0 Å². The Kier molecular flexibility index (Phi) is 2.97. The van der Waals surface area contributed by atoms with Gasteiger partial charge in [-0.3, -0.25) is 0 Å². The van der Waals surface area contributed by atoms with Gasteiger partial charge in [0.15, 0.2) is 0 Å². The Labute approximate surface area is 89.6 Å². The highest BCUT2D eigenvalue weighted by molar-refractivity contribution is 5.85. The fraction of sp³-hybridized carbons (Fsp3) is 0.556. The molecule has 2 rings (SSSR count). The Hall–Kier alpha value is -0.870. The maximum absolute atomic E-state index is 5.97. The van der Waals surface area contributed by atoms with Crippen LogP contribution in [0.3, 0.4) is 0 Å². The van der Waals surface area contributed by atoms with Crippen molar-refractivity contribution in [2.75, 3.05) is 0 Å². The predicted octanol–water partition coefficient (Wildman–Crippen LogP) is 1.30. The van der Waals surface area contributed by atoms with E-state index < -0.39 is 0 Å². The lowest BCUT2D eigenvalue weighted by Crippen LogP contribution is -2.31. The van der Waals surface area contributed by atoms with Crippen LogP contribution < -0.4 is 5.73 Å². The molecule has 0 saturated heterocycles. The van der Waals surface area contributed by atoms with Crippen molar-refractivity contribution in [3.63, 3.8) is 0 Å². The van der Waals surface area contributed by atoms with Crippen molar-refractivity contribution in [1.82, 2.24) is 14.8 Å². The Morgan fingerprint density at radius 3 is 2.71 bits per heavy atom. The van der Waals surface area contributed by atoms with Crippen molar-refractivity contribution in [2.24, 2.45) is 11.1 Å². The molecule has 2 N–H and O–H groups in total. The van der Waals surface area contributed by atoms with Crippen molar-refractivity contribution in [2.45, 2.75) is 26.3 Å². The van der Waals surface area contributed by atoms with Gasteiger partial charge in [-0.05, 0) is 17.9 Å². The molecule has 1 aliphatic rings. The van der Waals surface area contributed by atoms with E-state index in [1.165, 1.54) is 6.33 Å². The summed E-state index contributed by atoms with van der Waals surface area (Å²) in [4.78, 5) is 3.91. The van der Waals surface area contributed by atoms with Crippen LogP contribution in [0.2, 0.25) is 0 Å². The lowest BCUT2D eigenvalue weighted by Gasteiger charge is -2.22. The molecule has 1 aromatic rings. The van der Waals surface area contributed by atoms with Crippen LogP contribution in [0.15, 0.2) is 18.7 Å². The van der Waals surface area contributed by atoms with Crippen LogP contribution in [0.25, 0.3) is 5.70 Å². The molecule has 0 aliphatic heterocycles. The maximum Gasteiger partial charge on any atom is 0.138 e. The number of hydrogen-bond acceptors (Lipinski definition) is 3. The summed E-state index contributed by atoms with van der Waals surface area (Å²) in [5.74, 6) is 0. The van der Waals surface area contributed by atoms with Gasteiger partial charge >= 0.3 is 0 Å². The van der Waals surface area contributed by atoms with Gasteiger partial charge in [0.1, 0.15) is 12.7 Å². The lowest BCUT2D eigenvalue weighted by atomic mass is 9.87. The molecule has 0 saturated carbocycles. The summed E-state index contributed by atoms with van der Waals surface area (Å²) in [6, 6.07) is 0.117. The van der Waals surface area contributed by atoms with Crippen molar-refractivity contribution >= 4 is 18.1 Å². The zero-order valence-corrected chi connectivity index (χ0v) is 9.16. The fourth-order valence-corrected chi connectivity index (χ4v) is 1.59. The van der Waals surface area contributed by atoms with Crippen LogP contribution in [0.5, 0.6) is 0 Å². The van der Waals surface area contributed by atoms with E-state index in [9.17, 15) is 0 Å². The lowest BCUT2D eigenvalue weighted by molar-refractivity contribution is 0.351. The topological polar surface area (TPSA) is 56.7 Å². The minimum absolute atomic E-state index is 0. The molecule has 5 heteroatoms. The van der Waals surface area contributed by atoms with Crippen molar-refractivity contribution in [3.8, 4) is 0 Å². The molecule has 0 fully saturated rings. The predicted molar refractivity (Wildman–Crippen MR) is 57.9 cm³/mol. The van der Waals surface area contributed by atoms with Gasteiger partial charge in [-0.2, -0.15) is 5.10 Å². The standard InChI is InChI=1S/C9H14N4.ClH/c1-9(2)4-7(3-8(9)10)13-6-11-5-12-13;/h3,5-6,8H,4,10H2,1-2H3;1H. The van der Waals surface area contributed by atoms with E-state index in [1.807, 2.05) is 0 Å². The van der Waals surface area contributed by atoms with Gasteiger partial charge in [0.05, 0.1) is 0 Å². The summed E-state index contributed by atoms with van der Waals surface area (Å²) in [5.41, 5.74) is 7.26. The smallest absolute Gasteiger partial charge is 0.138 e. The molecular formula is C9H15ClN4. The molecule has 78 valence electrons. The van der Waals surface area contributed by atoms with Gasteiger partial charge in [0, 0.05) is 11.7 Å². The van der Waals surface area contributed by atoms with Crippen LogP contribution >= 0.6 is 12.4 Å². The van der Waals surface area contributed by atoms with E-state index >= 15 is 0 Å². The molecule has 0 spiro atoms. The van der Waals surface area contributed by atoms with Gasteiger partial charge < -0.3 is 5.73 Å². The Balaban J connectivity index is 0.000000980. The molecule has 14 heavy (non-hydrogen) atoms. The maximum atomic E-state index is 5.97. The fourth-order valence-electron chi connectivity index (χ4n) is 1.59. The van der Waals surface area contributed by atoms with Crippen LogP contribution in [0, 0.1) is 5.41 Å². The molecule has 1 heterocycles. The van der Waals surface area contributed by atoms with E-state index in [2.05, 4.69) is 30.0 Å². The van der Waals surface area contributed by atoms with Gasteiger partial charge in [-0.15, -0.1) is 12.4 Å². The second-order valence-corrected chi connectivity index (χ2v) is 4.19. The molecule has 1 aromatic heterocycles. The average Bonchev–Trinajstić information content (AvgIpc) is 2.60. The molecule has 4 nitrogen and oxygen atoms in total. The number of halogens is 1. The minimum Gasteiger partial charge on any atom is -0.324 e. The van der Waals surface area contributed by atoms with E-state index in [0.29, 0.717) is 0 Å². The largest absolute Gasteiger partial charge is 0.324 e. The second kappa shape index (κ2) is 3.71. The Morgan fingerprint density at radius 1 is 1.57 bits per heavy atom. The van der Waals surface area contributed by atoms with Gasteiger partial charge in [-0.25, -0.2) is 9.67 Å². The van der Waals surface area contributed by atoms with Crippen LogP contribution in [-0.2, 0) is 0 Å². The van der Waals surface area contributed by atoms with E-state index in [1.54, 1.807) is 11.0 Å². The van der Waals surface area contributed by atoms with Crippen LogP contribution in [0.4, 0.5) is 0 Å². The zero-order valence-electron chi connectivity index (χ0n) is 8.34. The Morgan fingerprint density at radius 2 is 2.29 bits per heavy atom. The van der Waals surface area contributed by atoms with Crippen molar-refractivity contribution in [1.29, 1.82) is 0 Å². The summed E-state index contributed by atoms with van der Waals surface area (Å²) in [5, 5.41) is 4.08. The summed E-state index contributed by atoms with van der Waals surface area (Å²) >= 11 is 0. The van der Waals surface area contributed by atoms with Crippen molar-refractivity contribution in [3.05, 3.63) is 18.7 Å². The second-order valence-electron chi connectivity index (χ2n) is 4.19. The highest BCUT2D eigenvalue weighted by Gasteiger charge is 2.32. The molecule has 0 amide bonds. The number of aromatic nitrogens is 3. The summed E-state index contributed by atoms with van der Waals surface area (Å²) in [7, 11) is 0. The monoisotopic (exact) mass is 214 g/mol. The normalized spacial score (nSPS) is 24.2. The number of nitrogens with zero attached hydrogens (tertiary/aromatic N) is 3. The summed E-state index contributed by atoms with van der Waals surface area (Å²) in [6.45, 7) is 4.33. The first-order valence-corrected chi connectivity index (χ1v) is 4.41. The highest BCUT2D eigenvalue weighted by Crippen LogP contribution is 2.37. The highest BCUT2D eigenvalue weighted by atomic mass is 35.5.